The Kier molecular flexibility index (Phi) is 4.69. The van der Waals surface area contributed by atoms with Gasteiger partial charge in [0.2, 0.25) is 5.95 Å². The van der Waals surface area contributed by atoms with Crippen molar-refractivity contribution in [2.75, 3.05) is 18.5 Å². The van der Waals surface area contributed by atoms with Crippen LogP contribution in [0.1, 0.15) is 24.7 Å². The largest absolute Gasteiger partial charge is 0.466 e. The second-order valence-electron chi connectivity index (χ2n) is 3.46. The van der Waals surface area contributed by atoms with Crippen molar-refractivity contribution in [2.45, 2.75) is 27.2 Å². The maximum atomic E-state index is 11.1. The summed E-state index contributed by atoms with van der Waals surface area (Å²) in [5.74, 6) is 0.348. The number of hydrogen-bond acceptors (Lipinski definition) is 5. The number of hydrogen-bond donors (Lipinski definition) is 1. The van der Waals surface area contributed by atoms with Crippen molar-refractivity contribution in [1.82, 2.24) is 9.97 Å². The highest BCUT2D eigenvalue weighted by Gasteiger charge is 2.02. The molecule has 0 radical (unpaired) electrons. The monoisotopic (exact) mass is 223 g/mol. The Labute approximate surface area is 95.3 Å². The van der Waals surface area contributed by atoms with Crippen molar-refractivity contribution in [3.05, 3.63) is 17.5 Å². The predicted molar refractivity (Wildman–Crippen MR) is 61.2 cm³/mol. The zero-order valence-corrected chi connectivity index (χ0v) is 9.91. The summed E-state index contributed by atoms with van der Waals surface area (Å²) in [4.78, 5) is 19.5. The van der Waals surface area contributed by atoms with E-state index in [1.54, 1.807) is 6.92 Å². The van der Waals surface area contributed by atoms with Crippen molar-refractivity contribution < 1.29 is 9.53 Å². The smallest absolute Gasteiger partial charge is 0.307 e. The molecule has 5 nitrogen and oxygen atoms in total. The van der Waals surface area contributed by atoms with Gasteiger partial charge in [0.25, 0.3) is 0 Å². The summed E-state index contributed by atoms with van der Waals surface area (Å²) in [6.45, 7) is 6.51. The molecule has 0 bridgehead atoms. The fraction of sp³-hybridized carbons (Fsp3) is 0.545. The molecule has 88 valence electrons. The van der Waals surface area contributed by atoms with Crippen LogP contribution < -0.4 is 5.32 Å². The van der Waals surface area contributed by atoms with Gasteiger partial charge in [-0.15, -0.1) is 0 Å². The third-order valence-electron chi connectivity index (χ3n) is 1.90. The van der Waals surface area contributed by atoms with Crippen LogP contribution in [0.25, 0.3) is 0 Å². The second-order valence-corrected chi connectivity index (χ2v) is 3.46. The van der Waals surface area contributed by atoms with E-state index in [4.69, 9.17) is 4.74 Å². The van der Waals surface area contributed by atoms with Crippen LogP contribution in [0.5, 0.6) is 0 Å². The summed E-state index contributed by atoms with van der Waals surface area (Å²) in [5.41, 5.74) is 1.82. The Morgan fingerprint density at radius 1 is 1.38 bits per heavy atom. The molecule has 0 saturated carbocycles. The van der Waals surface area contributed by atoms with E-state index in [0.717, 1.165) is 11.4 Å². The molecule has 1 aromatic heterocycles. The average Bonchev–Trinajstić information content (AvgIpc) is 2.16. The van der Waals surface area contributed by atoms with Gasteiger partial charge in [0, 0.05) is 17.9 Å². The van der Waals surface area contributed by atoms with E-state index < -0.39 is 0 Å². The molecule has 16 heavy (non-hydrogen) atoms. The fourth-order valence-corrected chi connectivity index (χ4v) is 1.31. The van der Waals surface area contributed by atoms with Gasteiger partial charge in [-0.05, 0) is 26.8 Å². The Morgan fingerprint density at radius 3 is 2.56 bits per heavy atom. The Balaban J connectivity index is 2.40. The number of anilines is 1. The first-order chi connectivity index (χ1) is 7.61. The summed E-state index contributed by atoms with van der Waals surface area (Å²) < 4.78 is 4.81. The Morgan fingerprint density at radius 2 is 2.00 bits per heavy atom. The molecule has 0 aliphatic rings. The summed E-state index contributed by atoms with van der Waals surface area (Å²) in [7, 11) is 0. The number of aryl methyl sites for hydroxylation is 2. The molecule has 0 amide bonds. The number of rotatable bonds is 5. The lowest BCUT2D eigenvalue weighted by atomic mass is 10.3. The summed E-state index contributed by atoms with van der Waals surface area (Å²) in [6.07, 6.45) is 0.324. The van der Waals surface area contributed by atoms with E-state index in [2.05, 4.69) is 15.3 Å². The second kappa shape index (κ2) is 6.05. The molecule has 1 heterocycles. The Bertz CT molecular complexity index is 346. The van der Waals surface area contributed by atoms with Gasteiger partial charge in [-0.25, -0.2) is 9.97 Å². The van der Waals surface area contributed by atoms with Crippen molar-refractivity contribution in [3.63, 3.8) is 0 Å². The molecule has 0 spiro atoms. The molecule has 0 saturated heterocycles. The van der Waals surface area contributed by atoms with Gasteiger partial charge in [0.1, 0.15) is 0 Å². The number of carbonyl (C=O) groups excluding carboxylic acids is 1. The molecular formula is C11H17N3O2. The van der Waals surface area contributed by atoms with Crippen LogP contribution in [0.4, 0.5) is 5.95 Å². The van der Waals surface area contributed by atoms with Crippen LogP contribution in [0, 0.1) is 13.8 Å². The first kappa shape index (κ1) is 12.4. The third kappa shape index (κ3) is 4.25. The zero-order valence-electron chi connectivity index (χ0n) is 9.91. The number of nitrogens with one attached hydrogen (secondary N) is 1. The number of carbonyl (C=O) groups is 1. The van der Waals surface area contributed by atoms with E-state index in [-0.39, 0.29) is 5.97 Å². The standard InChI is InChI=1S/C11H17N3O2/c1-4-16-10(15)5-6-12-11-13-8(2)7-9(3)14-11/h7H,4-6H2,1-3H3,(H,12,13,14). The molecule has 5 heteroatoms. The summed E-state index contributed by atoms with van der Waals surface area (Å²) in [6, 6.07) is 1.90. The third-order valence-corrected chi connectivity index (χ3v) is 1.90. The molecule has 1 N–H and O–H groups in total. The lowest BCUT2D eigenvalue weighted by Gasteiger charge is -2.06. The van der Waals surface area contributed by atoms with Crippen molar-refractivity contribution in [3.8, 4) is 0 Å². The minimum absolute atomic E-state index is 0.209. The minimum Gasteiger partial charge on any atom is -0.466 e. The van der Waals surface area contributed by atoms with E-state index in [9.17, 15) is 4.79 Å². The molecule has 0 atom stereocenters. The number of ether oxygens (including phenoxy) is 1. The maximum absolute atomic E-state index is 11.1. The van der Waals surface area contributed by atoms with E-state index in [0.29, 0.717) is 25.5 Å². The molecule has 0 aromatic carbocycles. The van der Waals surface area contributed by atoms with E-state index in [1.807, 2.05) is 19.9 Å². The van der Waals surface area contributed by atoms with Crippen LogP contribution in [-0.2, 0) is 9.53 Å². The average molecular weight is 223 g/mol. The summed E-state index contributed by atoms with van der Waals surface area (Å²) in [5, 5.41) is 2.99. The topological polar surface area (TPSA) is 64.1 Å². The van der Waals surface area contributed by atoms with Gasteiger partial charge in [-0.3, -0.25) is 4.79 Å². The number of aromatic nitrogens is 2. The molecule has 0 aliphatic heterocycles. The first-order valence-electron chi connectivity index (χ1n) is 5.33. The molecule has 1 rings (SSSR count). The normalized spacial score (nSPS) is 9.94. The SMILES string of the molecule is CCOC(=O)CCNc1nc(C)cc(C)n1. The summed E-state index contributed by atoms with van der Waals surface area (Å²) >= 11 is 0. The van der Waals surface area contributed by atoms with Gasteiger partial charge in [-0.1, -0.05) is 0 Å². The maximum Gasteiger partial charge on any atom is 0.307 e. The highest BCUT2D eigenvalue weighted by Crippen LogP contribution is 2.03. The highest BCUT2D eigenvalue weighted by molar-refractivity contribution is 5.69. The molecule has 0 aliphatic carbocycles. The van der Waals surface area contributed by atoms with E-state index in [1.165, 1.54) is 0 Å². The number of nitrogens with zero attached hydrogens (tertiary/aromatic N) is 2. The van der Waals surface area contributed by atoms with Crippen molar-refractivity contribution in [1.29, 1.82) is 0 Å². The van der Waals surface area contributed by atoms with Gasteiger partial charge >= 0.3 is 5.97 Å². The zero-order chi connectivity index (χ0) is 12.0. The van der Waals surface area contributed by atoms with Gasteiger partial charge < -0.3 is 10.1 Å². The van der Waals surface area contributed by atoms with Crippen LogP contribution in [0.2, 0.25) is 0 Å². The van der Waals surface area contributed by atoms with Crippen LogP contribution in [0.3, 0.4) is 0 Å². The quantitative estimate of drug-likeness (QED) is 0.765. The van der Waals surface area contributed by atoms with Gasteiger partial charge in [-0.2, -0.15) is 0 Å². The molecular weight excluding hydrogens is 206 g/mol. The van der Waals surface area contributed by atoms with Crippen LogP contribution in [0.15, 0.2) is 6.07 Å². The van der Waals surface area contributed by atoms with Crippen molar-refractivity contribution >= 4 is 11.9 Å². The first-order valence-corrected chi connectivity index (χ1v) is 5.33. The molecule has 0 unspecified atom stereocenters. The minimum atomic E-state index is -0.209. The van der Waals surface area contributed by atoms with Crippen LogP contribution in [-0.4, -0.2) is 29.1 Å². The lowest BCUT2D eigenvalue weighted by molar-refractivity contribution is -0.142. The fourth-order valence-electron chi connectivity index (χ4n) is 1.31. The molecule has 1 aromatic rings. The molecule has 0 fully saturated rings. The number of esters is 1. The lowest BCUT2D eigenvalue weighted by Crippen LogP contribution is -2.13. The predicted octanol–water partition coefficient (Wildman–Crippen LogP) is 1.46. The van der Waals surface area contributed by atoms with Gasteiger partial charge in [0.05, 0.1) is 13.0 Å². The van der Waals surface area contributed by atoms with Gasteiger partial charge in [0.15, 0.2) is 0 Å². The Hall–Kier alpha value is -1.65. The van der Waals surface area contributed by atoms with E-state index >= 15 is 0 Å². The van der Waals surface area contributed by atoms with Crippen molar-refractivity contribution in [2.24, 2.45) is 0 Å². The van der Waals surface area contributed by atoms with Crippen LogP contribution >= 0.6 is 0 Å². The highest BCUT2D eigenvalue weighted by atomic mass is 16.5.